The van der Waals surface area contributed by atoms with Crippen LogP contribution in [-0.4, -0.2) is 80.8 Å². The Bertz CT molecular complexity index is 777. The van der Waals surface area contributed by atoms with Crippen molar-refractivity contribution in [3.05, 3.63) is 24.3 Å². The number of imidazole rings is 1. The van der Waals surface area contributed by atoms with Gasteiger partial charge in [0.05, 0.1) is 0 Å². The average molecular weight is 627 g/mol. The van der Waals surface area contributed by atoms with E-state index in [1.807, 2.05) is 2.38 Å². The summed E-state index contributed by atoms with van der Waals surface area (Å²) in [5.74, 6) is -0.456. The Kier molecular flexibility index (Phi) is 10.2. The Balaban J connectivity index is 2.93. The van der Waals surface area contributed by atoms with Gasteiger partial charge < -0.3 is 0 Å². The van der Waals surface area contributed by atoms with Gasteiger partial charge in [0.25, 0.3) is 0 Å². The zero-order chi connectivity index (χ0) is 23.8. The number of carbonyl (C=O) groups is 3. The van der Waals surface area contributed by atoms with E-state index in [4.69, 9.17) is 14.2 Å². The molecule has 0 radical (unpaired) electrons. The van der Waals surface area contributed by atoms with Crippen molar-refractivity contribution in [2.24, 2.45) is 0 Å². The van der Waals surface area contributed by atoms with Crippen molar-refractivity contribution in [2.45, 2.75) is 72.5 Å². The average Bonchev–Trinajstić information content (AvgIpc) is 3.00. The third-order valence-corrected chi connectivity index (χ3v) is 4.63. The Morgan fingerprint density at radius 2 is 1.65 bits per heavy atom. The van der Waals surface area contributed by atoms with Crippen molar-refractivity contribution in [1.82, 2.24) is 12.3 Å². The molecule has 1 aromatic heterocycles. The summed E-state index contributed by atoms with van der Waals surface area (Å²) in [4.78, 5) is 42.6. The monoisotopic (exact) mass is 627 g/mol. The number of allylic oxidation sites excluding steroid dienone is 1. The molecule has 1 rings (SSSR count). The first-order valence-electron chi connectivity index (χ1n) is 10.1. The summed E-state index contributed by atoms with van der Waals surface area (Å²) in [6, 6.07) is 0. The molecule has 9 nitrogen and oxygen atoms in total. The molecule has 1 heterocycles. The van der Waals surface area contributed by atoms with Crippen LogP contribution in [0, 0.1) is 0 Å². The summed E-state index contributed by atoms with van der Waals surface area (Å²) in [5.41, 5.74) is -0.603. The van der Waals surface area contributed by atoms with Crippen molar-refractivity contribution in [1.29, 1.82) is 0 Å². The number of rotatable bonds is 7. The molecule has 0 atom stereocenters. The number of ether oxygens (including phenoxy) is 3. The number of carbonyl (C=O) groups excluding carboxylic acids is 3. The van der Waals surface area contributed by atoms with E-state index in [9.17, 15) is 14.4 Å². The second-order valence-electron chi connectivity index (χ2n) is 8.80. The summed E-state index contributed by atoms with van der Waals surface area (Å²) in [5, 5.41) is 0. The standard InChI is InChI=1S/C21H32N3O6.Tl/c1-8-28-17(25)15(16-13-22-14-23-16)11-9-10-12-24(18(26)29-20(2,3)4)19(27)30-21(5,6)7;/h11,13-14H,8-10,12H2,1-7H3;/q-1;+1/b15-11-;. The molecule has 0 fully saturated rings. The predicted molar refractivity (Wildman–Crippen MR) is 116 cm³/mol. The Hall–Kier alpha value is -1.92. The molecule has 0 saturated heterocycles. The van der Waals surface area contributed by atoms with E-state index in [-0.39, 0.29) is 13.2 Å². The fourth-order valence-corrected chi connectivity index (χ4v) is 3.17. The topological polar surface area (TPSA) is 100.0 Å². The zero-order valence-corrected chi connectivity index (χ0v) is 23.9. The molecule has 0 N–H and O–H groups in total. The number of aromatic nitrogens is 2. The first kappa shape index (κ1) is 27.1. The van der Waals surface area contributed by atoms with Gasteiger partial charge in [-0.3, -0.25) is 0 Å². The van der Waals surface area contributed by atoms with E-state index in [0.717, 1.165) is 4.90 Å². The van der Waals surface area contributed by atoms with Crippen molar-refractivity contribution < 1.29 is 28.6 Å². The van der Waals surface area contributed by atoms with E-state index < -0.39 is 29.4 Å². The molecular formula is C21H32N3O6Tl. The molecule has 0 aliphatic heterocycles. The number of unbranched alkanes of at least 4 members (excludes halogenated alkanes) is 1. The molecular weight excluding hydrogens is 595 g/mol. The van der Waals surface area contributed by atoms with Crippen LogP contribution in [0.1, 0.15) is 67.0 Å². The predicted octanol–water partition coefficient (Wildman–Crippen LogP) is 3.71. The molecule has 0 aromatic carbocycles. The van der Waals surface area contributed by atoms with Crippen molar-refractivity contribution >= 4 is 49.8 Å². The normalized spacial score (nSPS) is 12.3. The number of imide groups is 1. The molecule has 0 unspecified atom stereocenters. The second kappa shape index (κ2) is 11.6. The third-order valence-electron chi connectivity index (χ3n) is 3.53. The van der Waals surface area contributed by atoms with E-state index in [1.54, 1.807) is 67.1 Å². The fraction of sp³-hybridized carbons (Fsp3) is 0.619. The minimum atomic E-state index is -0.771. The van der Waals surface area contributed by atoms with E-state index in [1.165, 1.54) is 0 Å². The van der Waals surface area contributed by atoms with Gasteiger partial charge in [-0.2, -0.15) is 0 Å². The van der Waals surface area contributed by atoms with Gasteiger partial charge in [-0.1, -0.05) is 0 Å². The Morgan fingerprint density at radius 1 is 1.10 bits per heavy atom. The Labute approximate surface area is 200 Å². The molecule has 2 amide bonds. The van der Waals surface area contributed by atoms with Crippen molar-refractivity contribution in [3.8, 4) is 0 Å². The van der Waals surface area contributed by atoms with Gasteiger partial charge in [-0.25, -0.2) is 0 Å². The van der Waals surface area contributed by atoms with Crippen LogP contribution in [0.15, 0.2) is 18.6 Å². The van der Waals surface area contributed by atoms with E-state index in [0.29, 0.717) is 50.2 Å². The summed E-state index contributed by atoms with van der Waals surface area (Å²) in [7, 11) is 0. The van der Waals surface area contributed by atoms with Crippen molar-refractivity contribution in [3.63, 3.8) is 0 Å². The summed E-state index contributed by atoms with van der Waals surface area (Å²) >= 11 is 0.533. The maximum absolute atomic E-state index is 12.5. The Morgan fingerprint density at radius 3 is 2.06 bits per heavy atom. The van der Waals surface area contributed by atoms with Crippen LogP contribution in [0.5, 0.6) is 0 Å². The van der Waals surface area contributed by atoms with Crippen LogP contribution in [0.3, 0.4) is 0 Å². The molecule has 0 spiro atoms. The van der Waals surface area contributed by atoms with Crippen molar-refractivity contribution in [2.75, 3.05) is 13.2 Å². The quantitative estimate of drug-likeness (QED) is 0.150. The molecule has 0 aliphatic rings. The van der Waals surface area contributed by atoms with Gasteiger partial charge in [0.2, 0.25) is 0 Å². The summed E-state index contributed by atoms with van der Waals surface area (Å²) in [6.45, 7) is 12.4. The van der Waals surface area contributed by atoms with Crippen LogP contribution in [0.25, 0.3) is 5.57 Å². The number of hydrogen-bond acceptors (Lipinski definition) is 7. The van der Waals surface area contributed by atoms with E-state index >= 15 is 0 Å². The van der Waals surface area contributed by atoms with Crippen LogP contribution in [-0.2, 0) is 19.0 Å². The number of amides is 2. The SMILES string of the molecule is CCOC(=O)/C(=C\CCCN(C(=O)OC(C)(C)C)C(=O)OC(C)(C)C)c1c[n]([Tl])cn1. The van der Waals surface area contributed by atoms with Gasteiger partial charge in [-0.15, -0.1) is 0 Å². The van der Waals surface area contributed by atoms with Gasteiger partial charge >= 0.3 is 159 Å². The van der Waals surface area contributed by atoms with E-state index in [2.05, 4.69) is 4.98 Å². The van der Waals surface area contributed by atoms with Gasteiger partial charge in [0.15, 0.2) is 0 Å². The van der Waals surface area contributed by atoms with Crippen LogP contribution in [0.4, 0.5) is 9.59 Å². The molecule has 0 bridgehead atoms. The molecule has 31 heavy (non-hydrogen) atoms. The van der Waals surface area contributed by atoms with Gasteiger partial charge in [-0.05, 0) is 41.5 Å². The minimum absolute atomic E-state index is 0.0763. The first-order valence-corrected chi connectivity index (χ1v) is 12.1. The summed E-state index contributed by atoms with van der Waals surface area (Å²) < 4.78 is 17.7. The molecule has 170 valence electrons. The van der Waals surface area contributed by atoms with Crippen LogP contribution < -0.4 is 0 Å². The van der Waals surface area contributed by atoms with Crippen LogP contribution >= 0.6 is 0 Å². The van der Waals surface area contributed by atoms with Gasteiger partial charge in [0, 0.05) is 0 Å². The van der Waals surface area contributed by atoms with Crippen LogP contribution in [0.2, 0.25) is 0 Å². The summed E-state index contributed by atoms with van der Waals surface area (Å²) in [6.07, 6.45) is 4.46. The number of nitrogens with zero attached hydrogens (tertiary/aromatic N) is 3. The fourth-order valence-electron chi connectivity index (χ4n) is 2.36. The first-order chi connectivity index (χ1) is 14.2. The molecule has 1 aromatic rings. The second-order valence-corrected chi connectivity index (χ2v) is 11.1. The number of esters is 1. The number of hydrogen-bond donors (Lipinski definition) is 0. The molecule has 10 heteroatoms. The zero-order valence-electron chi connectivity index (χ0n) is 19.4. The van der Waals surface area contributed by atoms with Gasteiger partial charge in [0.1, 0.15) is 0 Å². The third kappa shape index (κ3) is 10.3. The molecule has 0 saturated carbocycles. The molecule has 0 aliphatic carbocycles. The maximum atomic E-state index is 12.5.